The summed E-state index contributed by atoms with van der Waals surface area (Å²) in [5, 5.41) is 0. The van der Waals surface area contributed by atoms with Crippen molar-refractivity contribution in [2.45, 2.75) is 56.6 Å². The molecule has 2 heteroatoms. The van der Waals surface area contributed by atoms with Gasteiger partial charge in [-0.25, -0.2) is 0 Å². The second kappa shape index (κ2) is 4.67. The Balaban J connectivity index is 1.90. The molecule has 98 valence electrons. The van der Waals surface area contributed by atoms with Crippen molar-refractivity contribution in [3.8, 4) is 0 Å². The van der Waals surface area contributed by atoms with Gasteiger partial charge in [-0.15, -0.1) is 0 Å². The van der Waals surface area contributed by atoms with Gasteiger partial charge >= 0.3 is 0 Å². The van der Waals surface area contributed by atoms with E-state index >= 15 is 0 Å². The van der Waals surface area contributed by atoms with Crippen LogP contribution in [-0.4, -0.2) is 12.7 Å². The fraction of sp³-hybridized carbons (Fsp3) is 0.625. The van der Waals surface area contributed by atoms with E-state index in [-0.39, 0.29) is 5.54 Å². The minimum atomic E-state index is -0.169. The third kappa shape index (κ3) is 2.08. The number of ether oxygens (including phenoxy) is 1. The summed E-state index contributed by atoms with van der Waals surface area (Å²) in [5.41, 5.74) is 9.37. The fourth-order valence-corrected chi connectivity index (χ4v) is 3.57. The first-order valence-electron chi connectivity index (χ1n) is 7.19. The van der Waals surface area contributed by atoms with E-state index in [2.05, 4.69) is 31.2 Å². The Morgan fingerprint density at radius 2 is 2.17 bits per heavy atom. The average molecular weight is 245 g/mol. The Morgan fingerprint density at radius 1 is 1.33 bits per heavy atom. The van der Waals surface area contributed by atoms with Gasteiger partial charge in [-0.1, -0.05) is 31.2 Å². The quantitative estimate of drug-likeness (QED) is 0.867. The molecule has 1 aromatic carbocycles. The molecule has 1 aromatic rings. The Hall–Kier alpha value is -0.860. The smallest absolute Gasteiger partial charge is 0.0596 e. The predicted molar refractivity (Wildman–Crippen MR) is 73.5 cm³/mol. The molecule has 1 saturated heterocycles. The van der Waals surface area contributed by atoms with Crippen LogP contribution in [0, 0.1) is 0 Å². The second-order valence-electron chi connectivity index (χ2n) is 6.02. The van der Waals surface area contributed by atoms with Gasteiger partial charge < -0.3 is 10.5 Å². The van der Waals surface area contributed by atoms with Gasteiger partial charge in [0, 0.05) is 12.1 Å². The van der Waals surface area contributed by atoms with E-state index < -0.39 is 0 Å². The Morgan fingerprint density at radius 3 is 2.94 bits per heavy atom. The minimum absolute atomic E-state index is 0.169. The van der Waals surface area contributed by atoms with E-state index in [9.17, 15) is 0 Å². The van der Waals surface area contributed by atoms with Crippen LogP contribution in [0.4, 0.5) is 0 Å². The van der Waals surface area contributed by atoms with Gasteiger partial charge in [-0.3, -0.25) is 0 Å². The standard InChI is InChI=1S/C16H23NO/c1-12-8-9-16(17,11-13-5-4-10-18-13)15-7-3-2-6-14(12)15/h2-3,6-7,12-13H,4-5,8-11,17H2,1H3. The first kappa shape index (κ1) is 12.2. The summed E-state index contributed by atoms with van der Waals surface area (Å²) in [6, 6.07) is 8.72. The summed E-state index contributed by atoms with van der Waals surface area (Å²) in [5.74, 6) is 0.641. The Kier molecular flexibility index (Phi) is 3.16. The molecule has 2 nitrogen and oxygen atoms in total. The lowest BCUT2D eigenvalue weighted by atomic mass is 9.70. The van der Waals surface area contributed by atoms with Crippen LogP contribution < -0.4 is 5.73 Å². The van der Waals surface area contributed by atoms with Crippen molar-refractivity contribution in [3.63, 3.8) is 0 Å². The van der Waals surface area contributed by atoms with Crippen molar-refractivity contribution >= 4 is 0 Å². The molecule has 0 spiro atoms. The summed E-state index contributed by atoms with van der Waals surface area (Å²) in [7, 11) is 0. The molecule has 2 N–H and O–H groups in total. The molecule has 1 heterocycles. The van der Waals surface area contributed by atoms with E-state index in [1.165, 1.54) is 30.4 Å². The second-order valence-corrected chi connectivity index (χ2v) is 6.02. The molecule has 2 aliphatic rings. The van der Waals surface area contributed by atoms with Crippen LogP contribution in [0.3, 0.4) is 0 Å². The summed E-state index contributed by atoms with van der Waals surface area (Å²) >= 11 is 0. The molecular weight excluding hydrogens is 222 g/mol. The zero-order valence-electron chi connectivity index (χ0n) is 11.2. The molecular formula is C16H23NO. The third-order valence-electron chi connectivity index (χ3n) is 4.67. The van der Waals surface area contributed by atoms with Gasteiger partial charge in [-0.2, -0.15) is 0 Å². The van der Waals surface area contributed by atoms with Crippen molar-refractivity contribution in [2.24, 2.45) is 5.73 Å². The summed E-state index contributed by atoms with van der Waals surface area (Å²) in [4.78, 5) is 0. The van der Waals surface area contributed by atoms with Crippen LogP contribution in [0.15, 0.2) is 24.3 Å². The lowest BCUT2D eigenvalue weighted by Gasteiger charge is -2.39. The van der Waals surface area contributed by atoms with Crippen LogP contribution in [0.5, 0.6) is 0 Å². The van der Waals surface area contributed by atoms with Crippen molar-refractivity contribution in [1.82, 2.24) is 0 Å². The number of hydrogen-bond acceptors (Lipinski definition) is 2. The third-order valence-corrected chi connectivity index (χ3v) is 4.67. The molecule has 0 bridgehead atoms. The van der Waals surface area contributed by atoms with E-state index in [4.69, 9.17) is 10.5 Å². The van der Waals surface area contributed by atoms with Crippen molar-refractivity contribution < 1.29 is 4.74 Å². The monoisotopic (exact) mass is 245 g/mol. The van der Waals surface area contributed by atoms with Crippen LogP contribution >= 0.6 is 0 Å². The summed E-state index contributed by atoms with van der Waals surface area (Å²) < 4.78 is 5.78. The highest BCUT2D eigenvalue weighted by Crippen LogP contribution is 2.43. The number of benzene rings is 1. The predicted octanol–water partition coefficient (Wildman–Crippen LogP) is 3.31. The summed E-state index contributed by atoms with van der Waals surface area (Å²) in [6.45, 7) is 3.23. The molecule has 3 rings (SSSR count). The summed E-state index contributed by atoms with van der Waals surface area (Å²) in [6.07, 6.45) is 6.01. The molecule has 3 atom stereocenters. The normalized spacial score (nSPS) is 35.4. The average Bonchev–Trinajstić information content (AvgIpc) is 2.87. The van der Waals surface area contributed by atoms with Crippen molar-refractivity contribution in [2.75, 3.05) is 6.61 Å². The maximum Gasteiger partial charge on any atom is 0.0596 e. The van der Waals surface area contributed by atoms with Gasteiger partial charge in [-0.05, 0) is 49.1 Å². The van der Waals surface area contributed by atoms with Crippen LogP contribution in [0.1, 0.15) is 56.1 Å². The minimum Gasteiger partial charge on any atom is -0.378 e. The van der Waals surface area contributed by atoms with E-state index in [1.54, 1.807) is 0 Å². The van der Waals surface area contributed by atoms with Gasteiger partial charge in [0.15, 0.2) is 0 Å². The maximum absolute atomic E-state index is 6.73. The SMILES string of the molecule is CC1CCC(N)(CC2CCCO2)c2ccccc21. The van der Waals surface area contributed by atoms with Crippen LogP contribution in [0.2, 0.25) is 0 Å². The van der Waals surface area contributed by atoms with Crippen molar-refractivity contribution in [3.05, 3.63) is 35.4 Å². The zero-order chi connectivity index (χ0) is 12.6. The highest BCUT2D eigenvalue weighted by atomic mass is 16.5. The lowest BCUT2D eigenvalue weighted by molar-refractivity contribution is 0.0779. The van der Waals surface area contributed by atoms with Gasteiger partial charge in [0.2, 0.25) is 0 Å². The molecule has 1 aliphatic heterocycles. The fourth-order valence-electron chi connectivity index (χ4n) is 3.57. The topological polar surface area (TPSA) is 35.2 Å². The van der Waals surface area contributed by atoms with E-state index in [0.717, 1.165) is 19.4 Å². The molecule has 0 saturated carbocycles. The van der Waals surface area contributed by atoms with Gasteiger partial charge in [0.1, 0.15) is 0 Å². The maximum atomic E-state index is 6.73. The molecule has 0 amide bonds. The van der Waals surface area contributed by atoms with Gasteiger partial charge in [0.05, 0.1) is 6.10 Å². The molecule has 0 radical (unpaired) electrons. The van der Waals surface area contributed by atoms with Crippen LogP contribution in [-0.2, 0) is 10.3 Å². The molecule has 3 unspecified atom stereocenters. The van der Waals surface area contributed by atoms with Crippen LogP contribution in [0.25, 0.3) is 0 Å². The van der Waals surface area contributed by atoms with E-state index in [0.29, 0.717) is 12.0 Å². The molecule has 1 aliphatic carbocycles. The first-order chi connectivity index (χ1) is 8.69. The molecule has 1 fully saturated rings. The van der Waals surface area contributed by atoms with E-state index in [1.807, 2.05) is 0 Å². The highest BCUT2D eigenvalue weighted by Gasteiger charge is 2.37. The van der Waals surface area contributed by atoms with Crippen molar-refractivity contribution in [1.29, 1.82) is 0 Å². The lowest BCUT2D eigenvalue weighted by Crippen LogP contribution is -2.43. The molecule has 18 heavy (non-hydrogen) atoms. The Labute approximate surface area is 110 Å². The highest BCUT2D eigenvalue weighted by molar-refractivity contribution is 5.38. The van der Waals surface area contributed by atoms with Gasteiger partial charge in [0.25, 0.3) is 0 Å². The number of nitrogens with two attached hydrogens (primary N) is 1. The molecule has 0 aromatic heterocycles. The first-order valence-corrected chi connectivity index (χ1v) is 7.19. The Bertz CT molecular complexity index is 425. The number of rotatable bonds is 2. The zero-order valence-corrected chi connectivity index (χ0v) is 11.2. The number of fused-ring (bicyclic) bond motifs is 1. The largest absolute Gasteiger partial charge is 0.378 e. The number of hydrogen-bond donors (Lipinski definition) is 1.